The summed E-state index contributed by atoms with van der Waals surface area (Å²) in [5.74, 6) is 0. The molecule has 1 heterocycles. The van der Waals surface area contributed by atoms with Crippen molar-refractivity contribution in [1.29, 1.82) is 0 Å². The number of para-hydroxylation sites is 1. The highest BCUT2D eigenvalue weighted by Gasteiger charge is 2.36. The molecule has 206 valence electrons. The van der Waals surface area contributed by atoms with Crippen molar-refractivity contribution in [1.82, 2.24) is 4.57 Å². The summed E-state index contributed by atoms with van der Waals surface area (Å²) in [5.41, 5.74) is 17.0. The van der Waals surface area contributed by atoms with Crippen molar-refractivity contribution in [2.24, 2.45) is 0 Å². The molecule has 7 aromatic carbocycles. The minimum absolute atomic E-state index is 0.0501. The fraction of sp³-hybridized carbons (Fsp3) is 0.0698. The summed E-state index contributed by atoms with van der Waals surface area (Å²) in [5, 5.41) is 5.28. The van der Waals surface area contributed by atoms with Crippen LogP contribution in [-0.2, 0) is 5.41 Å². The summed E-state index contributed by atoms with van der Waals surface area (Å²) in [6, 6.07) is 52.1. The van der Waals surface area contributed by atoms with Gasteiger partial charge in [0, 0.05) is 21.9 Å². The second-order valence-electron chi connectivity index (χ2n) is 12.9. The Kier molecular flexibility index (Phi) is 4.58. The van der Waals surface area contributed by atoms with E-state index in [0.717, 1.165) is 0 Å². The number of rotatable bonds is 2. The van der Waals surface area contributed by atoms with E-state index in [1.165, 1.54) is 93.9 Å². The van der Waals surface area contributed by atoms with Gasteiger partial charge in [-0.15, -0.1) is 0 Å². The van der Waals surface area contributed by atoms with Gasteiger partial charge < -0.3 is 4.57 Å². The van der Waals surface area contributed by atoms with Crippen LogP contribution >= 0.6 is 0 Å². The van der Waals surface area contributed by atoms with Crippen molar-refractivity contribution in [2.75, 3.05) is 0 Å². The predicted octanol–water partition coefficient (Wildman–Crippen LogP) is 11.6. The molecule has 0 fully saturated rings. The van der Waals surface area contributed by atoms with Crippen LogP contribution in [0.4, 0.5) is 0 Å². The maximum atomic E-state index is 2.48. The molecule has 0 amide bonds. The molecule has 2 aliphatic carbocycles. The molecule has 0 aliphatic heterocycles. The maximum absolute atomic E-state index is 2.48. The smallest absolute Gasteiger partial charge is 0.0544 e. The lowest BCUT2D eigenvalue weighted by atomic mass is 9.82. The summed E-state index contributed by atoms with van der Waals surface area (Å²) >= 11 is 0. The van der Waals surface area contributed by atoms with E-state index in [-0.39, 0.29) is 5.41 Å². The molecule has 0 spiro atoms. The van der Waals surface area contributed by atoms with E-state index in [4.69, 9.17) is 0 Å². The van der Waals surface area contributed by atoms with Crippen LogP contribution in [0.15, 0.2) is 140 Å². The molecular formula is C43H29N. The molecule has 8 aromatic rings. The van der Waals surface area contributed by atoms with Crippen LogP contribution in [0.25, 0.3) is 82.8 Å². The molecule has 0 saturated heterocycles. The van der Waals surface area contributed by atoms with Crippen LogP contribution in [-0.4, -0.2) is 4.57 Å². The van der Waals surface area contributed by atoms with E-state index in [1.807, 2.05) is 0 Å². The Morgan fingerprint density at radius 1 is 0.409 bits per heavy atom. The van der Waals surface area contributed by atoms with Gasteiger partial charge >= 0.3 is 0 Å². The van der Waals surface area contributed by atoms with E-state index in [0.29, 0.717) is 0 Å². The second-order valence-corrected chi connectivity index (χ2v) is 12.9. The standard InChI is InChI=1S/C43H29N/c1-43(2)38-19-7-5-15-31(38)36-24-37-32-16-6-8-20-40(32)44(41(37)25-39(36)43)27-12-9-11-26(23-27)28-21-22-35-30-14-4-3-13-29(30)34-18-10-17-33(28)42(34)35/h3-25H,1-2H3. The first-order valence-electron chi connectivity index (χ1n) is 15.5. The zero-order valence-corrected chi connectivity index (χ0v) is 24.7. The van der Waals surface area contributed by atoms with E-state index < -0.39 is 0 Å². The zero-order valence-electron chi connectivity index (χ0n) is 24.7. The van der Waals surface area contributed by atoms with Gasteiger partial charge in [0.1, 0.15) is 0 Å². The molecule has 1 heteroatoms. The first-order valence-corrected chi connectivity index (χ1v) is 15.5. The van der Waals surface area contributed by atoms with Crippen molar-refractivity contribution in [3.05, 3.63) is 151 Å². The van der Waals surface area contributed by atoms with Crippen LogP contribution in [0.3, 0.4) is 0 Å². The van der Waals surface area contributed by atoms with Crippen LogP contribution < -0.4 is 0 Å². The average molecular weight is 560 g/mol. The molecule has 1 nitrogen and oxygen atoms in total. The van der Waals surface area contributed by atoms with Crippen LogP contribution in [0.1, 0.15) is 25.0 Å². The lowest BCUT2D eigenvalue weighted by Crippen LogP contribution is -2.14. The Morgan fingerprint density at radius 3 is 1.93 bits per heavy atom. The second kappa shape index (κ2) is 8.36. The number of fused-ring (bicyclic) bond motifs is 9. The number of hydrogen-bond donors (Lipinski definition) is 0. The summed E-state index contributed by atoms with van der Waals surface area (Å²) in [4.78, 5) is 0. The maximum Gasteiger partial charge on any atom is 0.0544 e. The third-order valence-corrected chi connectivity index (χ3v) is 10.3. The Bertz CT molecular complexity index is 2490. The van der Waals surface area contributed by atoms with Gasteiger partial charge in [-0.25, -0.2) is 0 Å². The molecule has 0 unspecified atom stereocenters. The van der Waals surface area contributed by atoms with Gasteiger partial charge in [-0.1, -0.05) is 123 Å². The van der Waals surface area contributed by atoms with Gasteiger partial charge in [-0.3, -0.25) is 0 Å². The molecule has 44 heavy (non-hydrogen) atoms. The van der Waals surface area contributed by atoms with Crippen molar-refractivity contribution in [2.45, 2.75) is 19.3 Å². The molecule has 10 rings (SSSR count). The van der Waals surface area contributed by atoms with Gasteiger partial charge in [0.15, 0.2) is 0 Å². The lowest BCUT2D eigenvalue weighted by Gasteiger charge is -2.21. The topological polar surface area (TPSA) is 4.93 Å². The van der Waals surface area contributed by atoms with E-state index in [1.54, 1.807) is 0 Å². The number of hydrogen-bond acceptors (Lipinski definition) is 0. The van der Waals surface area contributed by atoms with Gasteiger partial charge in [0.05, 0.1) is 11.0 Å². The van der Waals surface area contributed by atoms with E-state index in [9.17, 15) is 0 Å². The summed E-state index contributed by atoms with van der Waals surface area (Å²) in [7, 11) is 0. The van der Waals surface area contributed by atoms with Crippen molar-refractivity contribution < 1.29 is 0 Å². The van der Waals surface area contributed by atoms with E-state index in [2.05, 4.69) is 158 Å². The Hall–Kier alpha value is -5.40. The highest BCUT2D eigenvalue weighted by atomic mass is 15.0. The fourth-order valence-electron chi connectivity index (χ4n) is 8.31. The molecule has 0 N–H and O–H groups in total. The van der Waals surface area contributed by atoms with Gasteiger partial charge in [-0.05, 0) is 96.7 Å². The Morgan fingerprint density at radius 2 is 1.07 bits per heavy atom. The minimum Gasteiger partial charge on any atom is -0.309 e. The van der Waals surface area contributed by atoms with Gasteiger partial charge in [0.25, 0.3) is 0 Å². The molecular weight excluding hydrogens is 530 g/mol. The van der Waals surface area contributed by atoms with Gasteiger partial charge in [0.2, 0.25) is 0 Å². The summed E-state index contributed by atoms with van der Waals surface area (Å²) in [6.07, 6.45) is 0. The minimum atomic E-state index is -0.0501. The van der Waals surface area contributed by atoms with Crippen LogP contribution in [0.2, 0.25) is 0 Å². The Balaban J connectivity index is 1.21. The zero-order chi connectivity index (χ0) is 29.2. The SMILES string of the molecule is CC1(C)c2ccccc2-c2cc3c4ccccc4n(-c4cccc(-c5ccc6c7c(cccc57)-c5ccccc5-6)c4)c3cc21. The van der Waals surface area contributed by atoms with Crippen molar-refractivity contribution in [3.63, 3.8) is 0 Å². The molecule has 0 atom stereocenters. The number of nitrogens with zero attached hydrogens (tertiary/aromatic N) is 1. The molecule has 0 radical (unpaired) electrons. The first kappa shape index (κ1) is 24.1. The average Bonchev–Trinajstić information content (AvgIpc) is 3.65. The van der Waals surface area contributed by atoms with Crippen LogP contribution in [0, 0.1) is 0 Å². The van der Waals surface area contributed by atoms with Gasteiger partial charge in [-0.2, -0.15) is 0 Å². The number of benzene rings is 7. The third kappa shape index (κ3) is 2.99. The monoisotopic (exact) mass is 559 g/mol. The molecule has 2 aliphatic rings. The molecule has 0 saturated carbocycles. The van der Waals surface area contributed by atoms with Crippen molar-refractivity contribution in [3.8, 4) is 50.2 Å². The highest BCUT2D eigenvalue weighted by Crippen LogP contribution is 2.52. The van der Waals surface area contributed by atoms with Crippen LogP contribution in [0.5, 0.6) is 0 Å². The Labute approximate surface area is 256 Å². The van der Waals surface area contributed by atoms with Crippen molar-refractivity contribution >= 4 is 32.6 Å². The molecule has 0 bridgehead atoms. The largest absolute Gasteiger partial charge is 0.309 e. The summed E-state index contributed by atoms with van der Waals surface area (Å²) in [6.45, 7) is 4.73. The predicted molar refractivity (Wildman–Crippen MR) is 186 cm³/mol. The number of aromatic nitrogens is 1. The lowest BCUT2D eigenvalue weighted by molar-refractivity contribution is 0.661. The fourth-order valence-corrected chi connectivity index (χ4v) is 8.31. The molecule has 1 aromatic heterocycles. The summed E-state index contributed by atoms with van der Waals surface area (Å²) < 4.78 is 2.48. The third-order valence-electron chi connectivity index (χ3n) is 10.3. The first-order chi connectivity index (χ1) is 21.6. The highest BCUT2D eigenvalue weighted by molar-refractivity contribution is 6.19. The quantitative estimate of drug-likeness (QED) is 0.198. The normalized spacial score (nSPS) is 13.9. The van der Waals surface area contributed by atoms with E-state index >= 15 is 0 Å².